The van der Waals surface area contributed by atoms with Crippen molar-refractivity contribution in [1.82, 2.24) is 4.98 Å². The summed E-state index contributed by atoms with van der Waals surface area (Å²) in [6.45, 7) is 5.56. The van der Waals surface area contributed by atoms with E-state index in [1.165, 1.54) is 24.2 Å². The van der Waals surface area contributed by atoms with Crippen LogP contribution >= 0.6 is 11.3 Å². The smallest absolute Gasteiger partial charge is 0.186 e. The number of hydrogen-bond donors (Lipinski definition) is 0. The third-order valence-corrected chi connectivity index (χ3v) is 3.95. The van der Waals surface area contributed by atoms with Crippen LogP contribution in [0.15, 0.2) is 6.20 Å². The molecule has 1 aromatic heterocycles. The summed E-state index contributed by atoms with van der Waals surface area (Å²) in [5, 5.41) is 0.996. The molecule has 0 radical (unpaired) electrons. The number of aromatic nitrogens is 1. The fraction of sp³-hybridized carbons (Fsp3) is 0.636. The minimum Gasteiger partial charge on any atom is -0.345 e. The Morgan fingerprint density at radius 3 is 3.00 bits per heavy atom. The van der Waals surface area contributed by atoms with Crippen LogP contribution in [-0.4, -0.2) is 23.9 Å². The summed E-state index contributed by atoms with van der Waals surface area (Å²) in [4.78, 5) is 18.0. The molecule has 0 aliphatic carbocycles. The minimum atomic E-state index is 0.548. The SMILES string of the molecule is CC1CCC(C)N(c2ncc(C=O)s2)C1. The van der Waals surface area contributed by atoms with Gasteiger partial charge in [0.15, 0.2) is 11.4 Å². The van der Waals surface area contributed by atoms with Gasteiger partial charge in [0.05, 0.1) is 11.1 Å². The second kappa shape index (κ2) is 4.31. The van der Waals surface area contributed by atoms with Crippen molar-refractivity contribution in [1.29, 1.82) is 0 Å². The number of aldehydes is 1. The minimum absolute atomic E-state index is 0.548. The zero-order valence-electron chi connectivity index (χ0n) is 9.14. The highest BCUT2D eigenvalue weighted by Crippen LogP contribution is 2.29. The quantitative estimate of drug-likeness (QED) is 0.724. The van der Waals surface area contributed by atoms with Gasteiger partial charge in [0.1, 0.15) is 0 Å². The number of anilines is 1. The van der Waals surface area contributed by atoms with Crippen molar-refractivity contribution in [3.05, 3.63) is 11.1 Å². The summed E-state index contributed by atoms with van der Waals surface area (Å²) >= 11 is 1.49. The summed E-state index contributed by atoms with van der Waals surface area (Å²) in [6, 6.07) is 0.548. The molecule has 2 rings (SSSR count). The molecule has 82 valence electrons. The Bertz CT molecular complexity index is 350. The lowest BCUT2D eigenvalue weighted by molar-refractivity contribution is 0.112. The number of hydrogen-bond acceptors (Lipinski definition) is 4. The number of thiazole rings is 1. The molecule has 2 heterocycles. The molecule has 4 heteroatoms. The Morgan fingerprint density at radius 2 is 2.33 bits per heavy atom. The van der Waals surface area contributed by atoms with E-state index in [4.69, 9.17) is 0 Å². The van der Waals surface area contributed by atoms with E-state index in [0.29, 0.717) is 6.04 Å². The summed E-state index contributed by atoms with van der Waals surface area (Å²) in [6.07, 6.45) is 5.05. The lowest BCUT2D eigenvalue weighted by atomic mass is 9.96. The molecule has 1 aliphatic rings. The predicted octanol–water partition coefficient (Wildman–Crippen LogP) is 2.58. The van der Waals surface area contributed by atoms with Crippen LogP contribution in [-0.2, 0) is 0 Å². The molecule has 1 fully saturated rings. The van der Waals surface area contributed by atoms with Crippen molar-refractivity contribution in [2.24, 2.45) is 5.92 Å². The van der Waals surface area contributed by atoms with Gasteiger partial charge in [-0.1, -0.05) is 18.3 Å². The van der Waals surface area contributed by atoms with E-state index >= 15 is 0 Å². The van der Waals surface area contributed by atoms with Crippen molar-refractivity contribution >= 4 is 22.8 Å². The third-order valence-electron chi connectivity index (χ3n) is 2.99. The van der Waals surface area contributed by atoms with Crippen molar-refractivity contribution in [2.75, 3.05) is 11.4 Å². The Balaban J connectivity index is 2.17. The summed E-state index contributed by atoms with van der Waals surface area (Å²) in [7, 11) is 0. The highest BCUT2D eigenvalue weighted by atomic mass is 32.1. The molecule has 0 saturated carbocycles. The van der Waals surface area contributed by atoms with Crippen molar-refractivity contribution in [2.45, 2.75) is 32.7 Å². The number of rotatable bonds is 2. The van der Waals surface area contributed by atoms with Crippen LogP contribution in [0.25, 0.3) is 0 Å². The molecule has 2 atom stereocenters. The van der Waals surface area contributed by atoms with Crippen molar-refractivity contribution in [3.8, 4) is 0 Å². The molecule has 2 unspecified atom stereocenters. The van der Waals surface area contributed by atoms with Gasteiger partial charge in [0.2, 0.25) is 0 Å². The molecule has 0 aromatic carbocycles. The van der Waals surface area contributed by atoms with Gasteiger partial charge in [-0.15, -0.1) is 0 Å². The molecule has 0 N–H and O–H groups in total. The molecule has 3 nitrogen and oxygen atoms in total. The fourth-order valence-corrected chi connectivity index (χ4v) is 2.86. The van der Waals surface area contributed by atoms with E-state index in [-0.39, 0.29) is 0 Å². The van der Waals surface area contributed by atoms with Gasteiger partial charge >= 0.3 is 0 Å². The lowest BCUT2D eigenvalue weighted by Gasteiger charge is -2.36. The van der Waals surface area contributed by atoms with Gasteiger partial charge in [-0.3, -0.25) is 4.79 Å². The standard InChI is InChI=1S/C11H16N2OS/c1-8-3-4-9(2)13(6-8)11-12-5-10(7-14)15-11/h5,7-9H,3-4,6H2,1-2H3. The Hall–Kier alpha value is -0.900. The molecule has 0 bridgehead atoms. The Morgan fingerprint density at radius 1 is 1.53 bits per heavy atom. The average Bonchev–Trinajstić information content (AvgIpc) is 2.70. The first-order chi connectivity index (χ1) is 7.20. The van der Waals surface area contributed by atoms with Crippen molar-refractivity contribution in [3.63, 3.8) is 0 Å². The van der Waals surface area contributed by atoms with E-state index in [1.54, 1.807) is 6.20 Å². The van der Waals surface area contributed by atoms with Gasteiger partial charge in [-0.2, -0.15) is 0 Å². The first-order valence-electron chi connectivity index (χ1n) is 5.38. The van der Waals surface area contributed by atoms with E-state index in [1.807, 2.05) is 0 Å². The largest absolute Gasteiger partial charge is 0.345 e. The maximum absolute atomic E-state index is 10.6. The maximum atomic E-state index is 10.6. The van der Waals surface area contributed by atoms with Gasteiger partial charge in [-0.05, 0) is 25.7 Å². The van der Waals surface area contributed by atoms with Gasteiger partial charge in [0, 0.05) is 12.6 Å². The van der Waals surface area contributed by atoms with Gasteiger partial charge in [-0.25, -0.2) is 4.98 Å². The maximum Gasteiger partial charge on any atom is 0.186 e. The van der Waals surface area contributed by atoms with Crippen LogP contribution < -0.4 is 4.90 Å². The summed E-state index contributed by atoms with van der Waals surface area (Å²) in [5.41, 5.74) is 0. The summed E-state index contributed by atoms with van der Waals surface area (Å²) < 4.78 is 0. The fourth-order valence-electron chi connectivity index (χ4n) is 2.02. The molecular weight excluding hydrogens is 208 g/mol. The van der Waals surface area contributed by atoms with Crippen LogP contribution in [0, 0.1) is 5.92 Å². The van der Waals surface area contributed by atoms with Crippen LogP contribution in [0.3, 0.4) is 0 Å². The number of piperidine rings is 1. The zero-order valence-corrected chi connectivity index (χ0v) is 9.96. The normalized spacial score (nSPS) is 26.7. The Kier molecular flexibility index (Phi) is 3.05. The second-order valence-electron chi connectivity index (χ2n) is 4.35. The molecule has 1 aliphatic heterocycles. The highest BCUT2D eigenvalue weighted by Gasteiger charge is 2.24. The van der Waals surface area contributed by atoms with Crippen molar-refractivity contribution < 1.29 is 4.79 Å². The third kappa shape index (κ3) is 2.20. The molecule has 0 spiro atoms. The van der Waals surface area contributed by atoms with Crippen LogP contribution in [0.4, 0.5) is 5.13 Å². The molecule has 1 saturated heterocycles. The second-order valence-corrected chi connectivity index (χ2v) is 5.39. The zero-order chi connectivity index (χ0) is 10.8. The Labute approximate surface area is 94.1 Å². The molecule has 0 amide bonds. The van der Waals surface area contributed by atoms with Crippen LogP contribution in [0.5, 0.6) is 0 Å². The van der Waals surface area contributed by atoms with Gasteiger partial charge < -0.3 is 4.90 Å². The van der Waals surface area contributed by atoms with E-state index in [2.05, 4.69) is 23.7 Å². The summed E-state index contributed by atoms with van der Waals surface area (Å²) in [5.74, 6) is 0.727. The monoisotopic (exact) mass is 224 g/mol. The van der Waals surface area contributed by atoms with E-state index in [0.717, 1.165) is 28.8 Å². The molecule has 1 aromatic rings. The van der Waals surface area contributed by atoms with E-state index in [9.17, 15) is 4.79 Å². The topological polar surface area (TPSA) is 33.2 Å². The average molecular weight is 224 g/mol. The number of carbonyl (C=O) groups is 1. The number of carbonyl (C=O) groups excluding carboxylic acids is 1. The highest BCUT2D eigenvalue weighted by molar-refractivity contribution is 7.17. The first-order valence-corrected chi connectivity index (χ1v) is 6.20. The van der Waals surface area contributed by atoms with Crippen LogP contribution in [0.1, 0.15) is 36.4 Å². The predicted molar refractivity (Wildman–Crippen MR) is 62.7 cm³/mol. The molecule has 15 heavy (non-hydrogen) atoms. The van der Waals surface area contributed by atoms with E-state index < -0.39 is 0 Å². The lowest BCUT2D eigenvalue weighted by Crippen LogP contribution is -2.40. The number of nitrogens with zero attached hydrogens (tertiary/aromatic N) is 2. The van der Waals surface area contributed by atoms with Gasteiger partial charge in [0.25, 0.3) is 0 Å². The first kappa shape index (κ1) is 10.6. The van der Waals surface area contributed by atoms with Crippen LogP contribution in [0.2, 0.25) is 0 Å². The molecular formula is C11H16N2OS.